The SMILES string of the molecule is O=S(O)Cc1ccc(-c2cncc3ncccc23)cc1. The van der Waals surface area contributed by atoms with Crippen molar-refractivity contribution in [2.75, 3.05) is 0 Å². The third-order valence-corrected chi connectivity index (χ3v) is 3.66. The molecule has 2 heterocycles. The lowest BCUT2D eigenvalue weighted by atomic mass is 10.0. The van der Waals surface area contributed by atoms with Crippen molar-refractivity contribution in [3.05, 3.63) is 60.6 Å². The molecule has 3 aromatic rings. The Morgan fingerprint density at radius 1 is 1.10 bits per heavy atom. The fourth-order valence-electron chi connectivity index (χ4n) is 2.15. The van der Waals surface area contributed by atoms with Crippen LogP contribution < -0.4 is 0 Å². The molecule has 0 amide bonds. The first kappa shape index (κ1) is 12.9. The van der Waals surface area contributed by atoms with Crippen LogP contribution in [0.1, 0.15) is 5.56 Å². The Labute approximate surface area is 118 Å². The van der Waals surface area contributed by atoms with E-state index in [0.717, 1.165) is 27.6 Å². The highest BCUT2D eigenvalue weighted by Crippen LogP contribution is 2.26. The molecule has 1 unspecified atom stereocenters. The predicted octanol–water partition coefficient (Wildman–Crippen LogP) is 3.02. The van der Waals surface area contributed by atoms with Gasteiger partial charge in [0.1, 0.15) is 0 Å². The molecule has 1 aromatic carbocycles. The molecule has 0 saturated carbocycles. The van der Waals surface area contributed by atoms with E-state index in [1.807, 2.05) is 42.6 Å². The fourth-order valence-corrected chi connectivity index (χ4v) is 2.63. The van der Waals surface area contributed by atoms with Crippen LogP contribution in [-0.2, 0) is 16.8 Å². The summed E-state index contributed by atoms with van der Waals surface area (Å²) in [4.78, 5) is 8.50. The van der Waals surface area contributed by atoms with Crippen LogP contribution in [0.4, 0.5) is 0 Å². The summed E-state index contributed by atoms with van der Waals surface area (Å²) in [7, 11) is 0. The van der Waals surface area contributed by atoms with E-state index in [-0.39, 0.29) is 5.75 Å². The highest BCUT2D eigenvalue weighted by Gasteiger charge is 2.05. The van der Waals surface area contributed by atoms with E-state index >= 15 is 0 Å². The van der Waals surface area contributed by atoms with Crippen molar-refractivity contribution in [3.8, 4) is 11.1 Å². The molecular formula is C15H12N2O2S. The minimum absolute atomic E-state index is 0.148. The Morgan fingerprint density at radius 3 is 2.65 bits per heavy atom. The van der Waals surface area contributed by atoms with Gasteiger partial charge in [0.2, 0.25) is 0 Å². The minimum atomic E-state index is -1.81. The highest BCUT2D eigenvalue weighted by atomic mass is 32.2. The van der Waals surface area contributed by atoms with E-state index in [2.05, 4.69) is 9.97 Å². The monoisotopic (exact) mass is 284 g/mol. The predicted molar refractivity (Wildman–Crippen MR) is 79.4 cm³/mol. The Hall–Kier alpha value is -2.11. The standard InChI is InChI=1S/C15H12N2O2S/c18-20(19)10-11-3-5-12(6-4-11)14-8-16-9-15-13(14)2-1-7-17-15/h1-9H,10H2,(H,18,19). The van der Waals surface area contributed by atoms with E-state index < -0.39 is 11.1 Å². The number of pyridine rings is 2. The van der Waals surface area contributed by atoms with Gasteiger partial charge in [-0.05, 0) is 17.2 Å². The molecule has 1 N–H and O–H groups in total. The Morgan fingerprint density at radius 2 is 1.90 bits per heavy atom. The van der Waals surface area contributed by atoms with Crippen molar-refractivity contribution in [2.45, 2.75) is 5.75 Å². The first-order valence-corrected chi connectivity index (χ1v) is 7.37. The largest absolute Gasteiger partial charge is 0.306 e. The molecule has 100 valence electrons. The van der Waals surface area contributed by atoms with Gasteiger partial charge in [-0.2, -0.15) is 0 Å². The van der Waals surface area contributed by atoms with Gasteiger partial charge in [-0.1, -0.05) is 30.3 Å². The molecule has 0 fully saturated rings. The van der Waals surface area contributed by atoms with Gasteiger partial charge in [-0.25, -0.2) is 4.21 Å². The summed E-state index contributed by atoms with van der Waals surface area (Å²) in [6.45, 7) is 0. The number of hydrogen-bond donors (Lipinski definition) is 1. The molecule has 0 bridgehead atoms. The van der Waals surface area contributed by atoms with Gasteiger partial charge in [-0.3, -0.25) is 9.97 Å². The molecule has 5 heteroatoms. The summed E-state index contributed by atoms with van der Waals surface area (Å²) in [6.07, 6.45) is 5.29. The van der Waals surface area contributed by atoms with E-state index in [1.165, 1.54) is 0 Å². The Bertz CT molecular complexity index is 767. The normalized spacial score (nSPS) is 12.4. The van der Waals surface area contributed by atoms with Crippen LogP contribution in [0.3, 0.4) is 0 Å². The molecule has 0 aliphatic carbocycles. The van der Waals surface area contributed by atoms with Crippen LogP contribution in [0.25, 0.3) is 22.0 Å². The number of benzene rings is 1. The van der Waals surface area contributed by atoms with Crippen LogP contribution in [0.15, 0.2) is 55.0 Å². The van der Waals surface area contributed by atoms with E-state index in [0.29, 0.717) is 0 Å². The minimum Gasteiger partial charge on any atom is -0.306 e. The molecule has 0 aliphatic heterocycles. The molecule has 20 heavy (non-hydrogen) atoms. The smallest absolute Gasteiger partial charge is 0.157 e. The van der Waals surface area contributed by atoms with E-state index in [4.69, 9.17) is 4.55 Å². The summed E-state index contributed by atoms with van der Waals surface area (Å²) in [6, 6.07) is 11.5. The maximum absolute atomic E-state index is 10.8. The summed E-state index contributed by atoms with van der Waals surface area (Å²) >= 11 is -1.81. The van der Waals surface area contributed by atoms with Gasteiger partial charge in [0.25, 0.3) is 0 Å². The molecular weight excluding hydrogens is 272 g/mol. The van der Waals surface area contributed by atoms with Crippen molar-refractivity contribution < 1.29 is 8.76 Å². The first-order chi connectivity index (χ1) is 9.74. The maximum atomic E-state index is 10.8. The maximum Gasteiger partial charge on any atom is 0.157 e. The average molecular weight is 284 g/mol. The summed E-state index contributed by atoms with van der Waals surface area (Å²) in [5.41, 5.74) is 3.71. The van der Waals surface area contributed by atoms with Gasteiger partial charge in [0, 0.05) is 23.3 Å². The lowest BCUT2D eigenvalue weighted by Crippen LogP contribution is -1.92. The number of hydrogen-bond acceptors (Lipinski definition) is 3. The second-order valence-electron chi connectivity index (χ2n) is 4.42. The molecule has 1 atom stereocenters. The molecule has 3 rings (SSSR count). The van der Waals surface area contributed by atoms with Crippen molar-refractivity contribution in [3.63, 3.8) is 0 Å². The van der Waals surface area contributed by atoms with Crippen LogP contribution in [-0.4, -0.2) is 18.7 Å². The van der Waals surface area contributed by atoms with Crippen LogP contribution >= 0.6 is 0 Å². The fraction of sp³-hybridized carbons (Fsp3) is 0.0667. The highest BCUT2D eigenvalue weighted by molar-refractivity contribution is 7.78. The van der Waals surface area contributed by atoms with Gasteiger partial charge >= 0.3 is 0 Å². The molecule has 0 radical (unpaired) electrons. The number of nitrogens with zero attached hydrogens (tertiary/aromatic N) is 2. The number of fused-ring (bicyclic) bond motifs is 1. The summed E-state index contributed by atoms with van der Waals surface area (Å²) in [5.74, 6) is 0.148. The van der Waals surface area contributed by atoms with E-state index in [1.54, 1.807) is 12.4 Å². The molecule has 2 aromatic heterocycles. The average Bonchev–Trinajstić information content (AvgIpc) is 2.47. The molecule has 0 saturated heterocycles. The topological polar surface area (TPSA) is 63.1 Å². The second-order valence-corrected chi connectivity index (χ2v) is 5.35. The summed E-state index contributed by atoms with van der Waals surface area (Å²) < 4.78 is 19.7. The second kappa shape index (κ2) is 5.48. The van der Waals surface area contributed by atoms with Crippen molar-refractivity contribution >= 4 is 22.0 Å². The van der Waals surface area contributed by atoms with Gasteiger partial charge in [-0.15, -0.1) is 0 Å². The van der Waals surface area contributed by atoms with Gasteiger partial charge in [0.05, 0.1) is 17.5 Å². The lowest BCUT2D eigenvalue weighted by Gasteiger charge is -2.06. The first-order valence-electron chi connectivity index (χ1n) is 6.09. The van der Waals surface area contributed by atoms with Crippen LogP contribution in [0.5, 0.6) is 0 Å². The number of aromatic nitrogens is 2. The van der Waals surface area contributed by atoms with E-state index in [9.17, 15) is 4.21 Å². The van der Waals surface area contributed by atoms with Crippen molar-refractivity contribution in [2.24, 2.45) is 0 Å². The number of rotatable bonds is 3. The van der Waals surface area contributed by atoms with Crippen LogP contribution in [0.2, 0.25) is 0 Å². The zero-order valence-electron chi connectivity index (χ0n) is 10.6. The third kappa shape index (κ3) is 2.59. The van der Waals surface area contributed by atoms with Crippen LogP contribution in [0, 0.1) is 0 Å². The van der Waals surface area contributed by atoms with Crippen molar-refractivity contribution in [1.82, 2.24) is 9.97 Å². The Balaban J connectivity index is 2.05. The summed E-state index contributed by atoms with van der Waals surface area (Å²) in [5, 5.41) is 1.04. The van der Waals surface area contributed by atoms with Crippen molar-refractivity contribution in [1.29, 1.82) is 0 Å². The zero-order valence-corrected chi connectivity index (χ0v) is 11.4. The Kier molecular flexibility index (Phi) is 3.54. The molecule has 4 nitrogen and oxygen atoms in total. The zero-order chi connectivity index (χ0) is 13.9. The lowest BCUT2D eigenvalue weighted by molar-refractivity contribution is 0.563. The third-order valence-electron chi connectivity index (χ3n) is 3.08. The quantitative estimate of drug-likeness (QED) is 0.751. The molecule has 0 spiro atoms. The molecule has 0 aliphatic rings. The van der Waals surface area contributed by atoms with Gasteiger partial charge < -0.3 is 4.55 Å². The van der Waals surface area contributed by atoms with Gasteiger partial charge in [0.15, 0.2) is 11.1 Å².